The summed E-state index contributed by atoms with van der Waals surface area (Å²) < 4.78 is 26.6. The number of nitrogens with zero attached hydrogens (tertiary/aromatic N) is 1. The van der Waals surface area contributed by atoms with Gasteiger partial charge in [0.15, 0.2) is 0 Å². The molecule has 0 aliphatic carbocycles. The molecule has 5 nitrogen and oxygen atoms in total. The Morgan fingerprint density at radius 1 is 0.931 bits per heavy atom. The lowest BCUT2D eigenvalue weighted by Crippen LogP contribution is -2.26. The van der Waals surface area contributed by atoms with E-state index in [1.165, 1.54) is 4.31 Å². The SMILES string of the molecule is Cc1ccc(C)c(NC(=O)c2ccc(CN(C)S(=O)(=O)c3ccccc3)cc2)c1. The summed E-state index contributed by atoms with van der Waals surface area (Å²) in [6, 6.07) is 21.2. The van der Waals surface area contributed by atoms with Gasteiger partial charge in [-0.2, -0.15) is 4.31 Å². The highest BCUT2D eigenvalue weighted by Gasteiger charge is 2.20. The number of benzene rings is 3. The predicted octanol–water partition coefficient (Wildman–Crippen LogP) is 4.38. The lowest BCUT2D eigenvalue weighted by atomic mass is 10.1. The zero-order valence-electron chi connectivity index (χ0n) is 16.7. The maximum atomic E-state index is 12.6. The zero-order valence-corrected chi connectivity index (χ0v) is 17.5. The van der Waals surface area contributed by atoms with Gasteiger partial charge in [0.1, 0.15) is 0 Å². The number of carbonyl (C=O) groups is 1. The van der Waals surface area contributed by atoms with Crippen molar-refractivity contribution < 1.29 is 13.2 Å². The number of hydrogen-bond donors (Lipinski definition) is 1. The normalized spacial score (nSPS) is 11.4. The van der Waals surface area contributed by atoms with Crippen LogP contribution in [-0.2, 0) is 16.6 Å². The molecule has 3 aromatic rings. The van der Waals surface area contributed by atoms with E-state index < -0.39 is 10.0 Å². The monoisotopic (exact) mass is 408 g/mol. The molecule has 1 N–H and O–H groups in total. The minimum absolute atomic E-state index is 0.199. The van der Waals surface area contributed by atoms with Crippen molar-refractivity contribution in [3.8, 4) is 0 Å². The maximum absolute atomic E-state index is 12.6. The summed E-state index contributed by atoms with van der Waals surface area (Å²) in [5.41, 5.74) is 4.17. The van der Waals surface area contributed by atoms with Crippen molar-refractivity contribution in [2.24, 2.45) is 0 Å². The van der Waals surface area contributed by atoms with Crippen molar-refractivity contribution in [2.75, 3.05) is 12.4 Å². The van der Waals surface area contributed by atoms with Gasteiger partial charge in [-0.05, 0) is 60.9 Å². The molecule has 0 fully saturated rings. The van der Waals surface area contributed by atoms with E-state index >= 15 is 0 Å². The van der Waals surface area contributed by atoms with Crippen LogP contribution in [0.4, 0.5) is 5.69 Å². The third-order valence-corrected chi connectivity index (χ3v) is 6.53. The Morgan fingerprint density at radius 2 is 1.59 bits per heavy atom. The molecule has 150 valence electrons. The third kappa shape index (κ3) is 4.91. The van der Waals surface area contributed by atoms with E-state index in [4.69, 9.17) is 0 Å². The van der Waals surface area contributed by atoms with E-state index in [1.54, 1.807) is 61.6 Å². The molecule has 0 aliphatic rings. The summed E-state index contributed by atoms with van der Waals surface area (Å²) >= 11 is 0. The smallest absolute Gasteiger partial charge is 0.255 e. The van der Waals surface area contributed by atoms with Crippen LogP contribution >= 0.6 is 0 Å². The van der Waals surface area contributed by atoms with Crippen LogP contribution in [0.3, 0.4) is 0 Å². The molecule has 1 amide bonds. The molecular formula is C23H24N2O3S. The highest BCUT2D eigenvalue weighted by atomic mass is 32.2. The fourth-order valence-corrected chi connectivity index (χ4v) is 4.12. The summed E-state index contributed by atoms with van der Waals surface area (Å²) in [5, 5.41) is 2.93. The topological polar surface area (TPSA) is 66.5 Å². The quantitative estimate of drug-likeness (QED) is 0.658. The Balaban J connectivity index is 1.70. The minimum Gasteiger partial charge on any atom is -0.322 e. The maximum Gasteiger partial charge on any atom is 0.255 e. The molecule has 0 saturated carbocycles. The van der Waals surface area contributed by atoms with Gasteiger partial charge < -0.3 is 5.32 Å². The number of sulfonamides is 1. The number of aryl methyl sites for hydroxylation is 2. The van der Waals surface area contributed by atoms with Crippen molar-refractivity contribution >= 4 is 21.6 Å². The first-order chi connectivity index (χ1) is 13.8. The highest BCUT2D eigenvalue weighted by Crippen LogP contribution is 2.19. The molecule has 6 heteroatoms. The van der Waals surface area contributed by atoms with Crippen molar-refractivity contribution in [1.29, 1.82) is 0 Å². The number of rotatable bonds is 6. The molecule has 3 aromatic carbocycles. The van der Waals surface area contributed by atoms with Gasteiger partial charge in [0.25, 0.3) is 5.91 Å². The van der Waals surface area contributed by atoms with Crippen LogP contribution in [0.25, 0.3) is 0 Å². The van der Waals surface area contributed by atoms with Crippen LogP contribution in [0.2, 0.25) is 0 Å². The Hall–Kier alpha value is -2.96. The third-order valence-electron chi connectivity index (χ3n) is 4.71. The van der Waals surface area contributed by atoms with Crippen molar-refractivity contribution in [3.63, 3.8) is 0 Å². The second-order valence-electron chi connectivity index (χ2n) is 7.04. The predicted molar refractivity (Wildman–Crippen MR) is 115 cm³/mol. The molecule has 29 heavy (non-hydrogen) atoms. The molecule has 0 spiro atoms. The Bertz CT molecular complexity index is 1110. The summed E-state index contributed by atoms with van der Waals surface area (Å²) in [5.74, 6) is -0.199. The average molecular weight is 409 g/mol. The van der Waals surface area contributed by atoms with Gasteiger partial charge in [-0.15, -0.1) is 0 Å². The average Bonchev–Trinajstić information content (AvgIpc) is 2.71. The first kappa shape index (κ1) is 20.8. The number of carbonyl (C=O) groups excluding carboxylic acids is 1. The summed E-state index contributed by atoms with van der Waals surface area (Å²) in [4.78, 5) is 12.8. The Kier molecular flexibility index (Phi) is 6.15. The van der Waals surface area contributed by atoms with Crippen LogP contribution in [-0.4, -0.2) is 25.7 Å². The Morgan fingerprint density at radius 3 is 2.24 bits per heavy atom. The van der Waals surface area contributed by atoms with E-state index in [9.17, 15) is 13.2 Å². The molecule has 0 aliphatic heterocycles. The van der Waals surface area contributed by atoms with E-state index in [0.29, 0.717) is 5.56 Å². The van der Waals surface area contributed by atoms with Gasteiger partial charge in [-0.1, -0.05) is 42.5 Å². The molecule has 0 heterocycles. The molecule has 3 rings (SSSR count). The zero-order chi connectivity index (χ0) is 21.0. The van der Waals surface area contributed by atoms with Crippen molar-refractivity contribution in [1.82, 2.24) is 4.31 Å². The molecule has 0 aromatic heterocycles. The van der Waals surface area contributed by atoms with E-state index in [-0.39, 0.29) is 17.3 Å². The van der Waals surface area contributed by atoms with Gasteiger partial charge in [-0.3, -0.25) is 4.79 Å². The van der Waals surface area contributed by atoms with Crippen LogP contribution in [0.15, 0.2) is 77.7 Å². The van der Waals surface area contributed by atoms with Crippen LogP contribution in [0, 0.1) is 13.8 Å². The first-order valence-corrected chi connectivity index (χ1v) is 10.7. The van der Waals surface area contributed by atoms with Gasteiger partial charge in [0.2, 0.25) is 10.0 Å². The van der Waals surface area contributed by atoms with Crippen LogP contribution in [0.1, 0.15) is 27.0 Å². The first-order valence-electron chi connectivity index (χ1n) is 9.26. The molecule has 0 unspecified atom stereocenters. The van der Waals surface area contributed by atoms with Crippen molar-refractivity contribution in [3.05, 3.63) is 95.1 Å². The fourth-order valence-electron chi connectivity index (χ4n) is 2.94. The lowest BCUT2D eigenvalue weighted by Gasteiger charge is -2.17. The number of amides is 1. The van der Waals surface area contributed by atoms with Crippen molar-refractivity contribution in [2.45, 2.75) is 25.3 Å². The molecule has 0 saturated heterocycles. The molecular weight excluding hydrogens is 384 g/mol. The van der Waals surface area contributed by atoms with Crippen LogP contribution in [0.5, 0.6) is 0 Å². The van der Waals surface area contributed by atoms with Gasteiger partial charge in [-0.25, -0.2) is 8.42 Å². The molecule has 0 atom stereocenters. The fraction of sp³-hybridized carbons (Fsp3) is 0.174. The van der Waals surface area contributed by atoms with Gasteiger partial charge in [0.05, 0.1) is 4.90 Å². The van der Waals surface area contributed by atoms with Gasteiger partial charge >= 0.3 is 0 Å². The number of nitrogens with one attached hydrogen (secondary N) is 1. The second kappa shape index (κ2) is 8.59. The summed E-state index contributed by atoms with van der Waals surface area (Å²) in [7, 11) is -2.01. The number of hydrogen-bond acceptors (Lipinski definition) is 3. The van der Waals surface area contributed by atoms with Gasteiger partial charge in [0, 0.05) is 24.8 Å². The summed E-state index contributed by atoms with van der Waals surface area (Å²) in [6.45, 7) is 4.14. The molecule has 0 bridgehead atoms. The van der Waals surface area contributed by atoms with E-state index in [0.717, 1.165) is 22.4 Å². The second-order valence-corrected chi connectivity index (χ2v) is 9.09. The van der Waals surface area contributed by atoms with E-state index in [1.807, 2.05) is 32.0 Å². The van der Waals surface area contributed by atoms with E-state index in [2.05, 4.69) is 5.32 Å². The highest BCUT2D eigenvalue weighted by molar-refractivity contribution is 7.89. The number of anilines is 1. The van der Waals surface area contributed by atoms with Crippen LogP contribution < -0.4 is 5.32 Å². The Labute approximate surface area is 172 Å². The largest absolute Gasteiger partial charge is 0.322 e. The standard InChI is InChI=1S/C23H24N2O3S/c1-17-9-10-18(2)22(15-17)24-23(26)20-13-11-19(12-14-20)16-25(3)29(27,28)21-7-5-4-6-8-21/h4-15H,16H2,1-3H3,(H,24,26). The lowest BCUT2D eigenvalue weighted by molar-refractivity contribution is 0.102. The minimum atomic E-state index is -3.56. The molecule has 0 radical (unpaired) electrons. The summed E-state index contributed by atoms with van der Waals surface area (Å²) in [6.07, 6.45) is 0.